The number of morpholine rings is 1. The van der Waals surface area contributed by atoms with Gasteiger partial charge in [-0.25, -0.2) is 9.97 Å². The smallest absolute Gasteiger partial charge is 0.251 e. The van der Waals surface area contributed by atoms with E-state index in [2.05, 4.69) is 25.5 Å². The zero-order valence-corrected chi connectivity index (χ0v) is 17.5. The topological polar surface area (TPSA) is 79.4 Å². The first kappa shape index (κ1) is 21.0. The Morgan fingerprint density at radius 3 is 2.55 bits per heavy atom. The van der Waals surface area contributed by atoms with Crippen molar-refractivity contribution in [3.05, 3.63) is 72.6 Å². The molecule has 2 N–H and O–H groups in total. The number of hydrogen-bond acceptors (Lipinski definition) is 6. The number of anilines is 2. The van der Waals surface area contributed by atoms with Crippen LogP contribution in [0.3, 0.4) is 0 Å². The standard InChI is InChI=1S/C24H27N5O2/c30-24(25-11-4-12-29-13-15-31-16-14-29)20-7-9-21(10-8-20)28-23-17-22(26-18-27-23)19-5-2-1-3-6-19/h1-3,5-10,17-18H,4,11-16H2,(H,25,30)(H,26,27,28). The number of aromatic nitrogens is 2. The van der Waals surface area contributed by atoms with E-state index >= 15 is 0 Å². The lowest BCUT2D eigenvalue weighted by molar-refractivity contribution is 0.0374. The molecule has 1 fully saturated rings. The molecule has 1 amide bonds. The fraction of sp³-hybridized carbons (Fsp3) is 0.292. The van der Waals surface area contributed by atoms with Crippen LogP contribution < -0.4 is 10.6 Å². The molecule has 0 spiro atoms. The Morgan fingerprint density at radius 1 is 1.00 bits per heavy atom. The summed E-state index contributed by atoms with van der Waals surface area (Å²) in [6, 6.07) is 19.3. The van der Waals surface area contributed by atoms with Crippen LogP contribution in [0.4, 0.5) is 11.5 Å². The quantitative estimate of drug-likeness (QED) is 0.548. The van der Waals surface area contributed by atoms with Gasteiger partial charge in [0.15, 0.2) is 0 Å². The zero-order chi connectivity index (χ0) is 21.3. The molecule has 0 atom stereocenters. The first-order valence-electron chi connectivity index (χ1n) is 10.6. The van der Waals surface area contributed by atoms with Gasteiger partial charge in [0, 0.05) is 42.5 Å². The minimum Gasteiger partial charge on any atom is -0.379 e. The number of benzene rings is 2. The van der Waals surface area contributed by atoms with Crippen molar-refractivity contribution in [3.8, 4) is 11.3 Å². The number of ether oxygens (including phenoxy) is 1. The number of rotatable bonds is 8. The summed E-state index contributed by atoms with van der Waals surface area (Å²) in [6.07, 6.45) is 2.48. The molecular weight excluding hydrogens is 390 g/mol. The molecule has 160 valence electrons. The highest BCUT2D eigenvalue weighted by molar-refractivity contribution is 5.94. The Hall–Kier alpha value is -3.29. The van der Waals surface area contributed by atoms with Gasteiger partial charge < -0.3 is 15.4 Å². The lowest BCUT2D eigenvalue weighted by atomic mass is 10.1. The average Bonchev–Trinajstić information content (AvgIpc) is 2.84. The number of amides is 1. The highest BCUT2D eigenvalue weighted by atomic mass is 16.5. The van der Waals surface area contributed by atoms with Crippen molar-refractivity contribution in [2.45, 2.75) is 6.42 Å². The van der Waals surface area contributed by atoms with Crippen molar-refractivity contribution in [1.29, 1.82) is 0 Å². The first-order chi connectivity index (χ1) is 15.3. The van der Waals surface area contributed by atoms with Crippen LogP contribution in [0.1, 0.15) is 16.8 Å². The second kappa shape index (κ2) is 10.7. The van der Waals surface area contributed by atoms with E-state index in [4.69, 9.17) is 4.74 Å². The predicted octanol–water partition coefficient (Wildman–Crippen LogP) is 3.34. The molecule has 2 aromatic carbocycles. The van der Waals surface area contributed by atoms with E-state index in [1.165, 1.54) is 0 Å². The summed E-state index contributed by atoms with van der Waals surface area (Å²) in [5.74, 6) is 0.649. The lowest BCUT2D eigenvalue weighted by Crippen LogP contribution is -2.38. The number of hydrogen-bond donors (Lipinski definition) is 2. The van der Waals surface area contributed by atoms with Crippen LogP contribution in [-0.4, -0.2) is 60.2 Å². The van der Waals surface area contributed by atoms with Crippen molar-refractivity contribution in [2.24, 2.45) is 0 Å². The van der Waals surface area contributed by atoms with Crippen molar-refractivity contribution < 1.29 is 9.53 Å². The van der Waals surface area contributed by atoms with Gasteiger partial charge in [0.1, 0.15) is 12.1 Å². The molecule has 0 radical (unpaired) electrons. The Balaban J connectivity index is 1.27. The summed E-state index contributed by atoms with van der Waals surface area (Å²) >= 11 is 0. The van der Waals surface area contributed by atoms with E-state index < -0.39 is 0 Å². The average molecular weight is 418 g/mol. The predicted molar refractivity (Wildman–Crippen MR) is 121 cm³/mol. The van der Waals surface area contributed by atoms with Crippen LogP contribution in [0.2, 0.25) is 0 Å². The van der Waals surface area contributed by atoms with Crippen molar-refractivity contribution in [2.75, 3.05) is 44.7 Å². The summed E-state index contributed by atoms with van der Waals surface area (Å²) in [4.78, 5) is 23.4. The fourth-order valence-electron chi connectivity index (χ4n) is 3.48. The van der Waals surface area contributed by atoms with Crippen molar-refractivity contribution >= 4 is 17.4 Å². The maximum Gasteiger partial charge on any atom is 0.251 e. The normalized spacial score (nSPS) is 14.2. The molecule has 0 aliphatic carbocycles. The molecule has 2 heterocycles. The van der Waals surface area contributed by atoms with E-state index in [9.17, 15) is 4.79 Å². The minimum atomic E-state index is -0.0538. The molecule has 1 aliphatic heterocycles. The molecule has 0 saturated carbocycles. The van der Waals surface area contributed by atoms with Gasteiger partial charge in [-0.15, -0.1) is 0 Å². The Morgan fingerprint density at radius 2 is 1.77 bits per heavy atom. The molecule has 0 bridgehead atoms. The molecule has 0 unspecified atom stereocenters. The summed E-state index contributed by atoms with van der Waals surface area (Å²) in [6.45, 7) is 5.20. The van der Waals surface area contributed by atoms with Gasteiger partial charge in [0.05, 0.1) is 18.9 Å². The highest BCUT2D eigenvalue weighted by Gasteiger charge is 2.10. The molecule has 1 aromatic heterocycles. The number of nitrogens with zero attached hydrogens (tertiary/aromatic N) is 3. The highest BCUT2D eigenvalue weighted by Crippen LogP contribution is 2.21. The lowest BCUT2D eigenvalue weighted by Gasteiger charge is -2.26. The van der Waals surface area contributed by atoms with Crippen LogP contribution in [0.15, 0.2) is 67.0 Å². The van der Waals surface area contributed by atoms with E-state index in [0.29, 0.717) is 17.9 Å². The Labute approximate surface area is 182 Å². The van der Waals surface area contributed by atoms with Gasteiger partial charge in [0.2, 0.25) is 0 Å². The minimum absolute atomic E-state index is 0.0538. The van der Waals surface area contributed by atoms with Gasteiger partial charge in [-0.3, -0.25) is 9.69 Å². The van der Waals surface area contributed by atoms with Crippen LogP contribution in [0.5, 0.6) is 0 Å². The van der Waals surface area contributed by atoms with Gasteiger partial charge in [-0.05, 0) is 37.2 Å². The zero-order valence-electron chi connectivity index (χ0n) is 17.5. The second-order valence-electron chi connectivity index (χ2n) is 7.42. The Bertz CT molecular complexity index is 973. The van der Waals surface area contributed by atoms with Crippen molar-refractivity contribution in [1.82, 2.24) is 20.2 Å². The third-order valence-corrected chi connectivity index (χ3v) is 5.20. The van der Waals surface area contributed by atoms with E-state index in [-0.39, 0.29) is 5.91 Å². The monoisotopic (exact) mass is 417 g/mol. The van der Waals surface area contributed by atoms with Crippen LogP contribution in [0.25, 0.3) is 11.3 Å². The summed E-state index contributed by atoms with van der Waals surface area (Å²) in [5, 5.41) is 6.27. The van der Waals surface area contributed by atoms with Crippen LogP contribution >= 0.6 is 0 Å². The molecule has 1 aliphatic rings. The third-order valence-electron chi connectivity index (χ3n) is 5.20. The van der Waals surface area contributed by atoms with E-state index in [1.54, 1.807) is 6.33 Å². The molecule has 31 heavy (non-hydrogen) atoms. The van der Waals surface area contributed by atoms with Gasteiger partial charge in [-0.2, -0.15) is 0 Å². The van der Waals surface area contributed by atoms with E-state index in [0.717, 1.165) is 56.2 Å². The van der Waals surface area contributed by atoms with E-state index in [1.807, 2.05) is 60.7 Å². The van der Waals surface area contributed by atoms with Gasteiger partial charge in [0.25, 0.3) is 5.91 Å². The largest absolute Gasteiger partial charge is 0.379 e. The molecule has 1 saturated heterocycles. The maximum atomic E-state index is 12.4. The molecular formula is C24H27N5O2. The third kappa shape index (κ3) is 6.10. The van der Waals surface area contributed by atoms with Crippen LogP contribution in [0, 0.1) is 0 Å². The van der Waals surface area contributed by atoms with Gasteiger partial charge >= 0.3 is 0 Å². The van der Waals surface area contributed by atoms with Crippen LogP contribution in [-0.2, 0) is 4.74 Å². The molecule has 4 rings (SSSR count). The molecule has 7 heteroatoms. The summed E-state index contributed by atoms with van der Waals surface area (Å²) < 4.78 is 5.35. The SMILES string of the molecule is O=C(NCCCN1CCOCC1)c1ccc(Nc2cc(-c3ccccc3)ncn2)cc1. The van der Waals surface area contributed by atoms with Gasteiger partial charge in [-0.1, -0.05) is 30.3 Å². The number of nitrogens with one attached hydrogen (secondary N) is 2. The summed E-state index contributed by atoms with van der Waals surface area (Å²) in [7, 11) is 0. The second-order valence-corrected chi connectivity index (χ2v) is 7.42. The molecule has 7 nitrogen and oxygen atoms in total. The fourth-order valence-corrected chi connectivity index (χ4v) is 3.48. The number of carbonyl (C=O) groups excluding carboxylic acids is 1. The maximum absolute atomic E-state index is 12.4. The number of carbonyl (C=O) groups is 1. The van der Waals surface area contributed by atoms with Crippen molar-refractivity contribution in [3.63, 3.8) is 0 Å². The Kier molecular flexibility index (Phi) is 7.20. The first-order valence-corrected chi connectivity index (χ1v) is 10.6. The summed E-state index contributed by atoms with van der Waals surface area (Å²) in [5.41, 5.74) is 3.39. The molecule has 3 aromatic rings.